The summed E-state index contributed by atoms with van der Waals surface area (Å²) >= 11 is 0. The predicted molar refractivity (Wildman–Crippen MR) is 75.2 cm³/mol. The quantitative estimate of drug-likeness (QED) is 0.848. The van der Waals surface area contributed by atoms with Crippen LogP contribution in [0.5, 0.6) is 5.75 Å². The number of aliphatic hydroxyl groups is 1. The fraction of sp³-hybridized carbons (Fsp3) is 0.467. The molecule has 6 nitrogen and oxygen atoms in total. The van der Waals surface area contributed by atoms with E-state index in [0.29, 0.717) is 5.75 Å². The van der Waals surface area contributed by atoms with Crippen molar-refractivity contribution in [2.24, 2.45) is 0 Å². The van der Waals surface area contributed by atoms with E-state index in [9.17, 15) is 14.7 Å². The molecule has 0 bridgehead atoms. The lowest BCUT2D eigenvalue weighted by Gasteiger charge is -2.21. The van der Waals surface area contributed by atoms with Crippen LogP contribution in [0.25, 0.3) is 0 Å². The Morgan fingerprint density at radius 2 is 2.14 bits per heavy atom. The highest BCUT2D eigenvalue weighted by molar-refractivity contribution is 5.85. The number of ether oxygens (including phenoxy) is 1. The van der Waals surface area contributed by atoms with Crippen LogP contribution in [-0.2, 0) is 16.0 Å². The molecule has 0 radical (unpaired) electrons. The first-order chi connectivity index (χ1) is 9.92. The third kappa shape index (κ3) is 3.33. The lowest BCUT2D eigenvalue weighted by molar-refractivity contribution is -0.148. The molecular formula is C15H19NO5. The van der Waals surface area contributed by atoms with E-state index in [2.05, 4.69) is 0 Å². The number of aliphatic hydroxyl groups excluding tert-OH is 1. The second-order valence-electron chi connectivity index (χ2n) is 5.27. The number of hydrogen-bond donors (Lipinski definition) is 2. The Morgan fingerprint density at radius 1 is 1.43 bits per heavy atom. The van der Waals surface area contributed by atoms with Gasteiger partial charge in [-0.05, 0) is 24.1 Å². The summed E-state index contributed by atoms with van der Waals surface area (Å²) in [5.74, 6) is -0.692. The standard InChI is InChI=1S/C15H19NO5/c1-9-3-4-10(5-13(9)21-2)6-14(18)16-8-11(17)7-12(16)15(19)20/h3-5,11-12,17H,6-8H2,1-2H3,(H,19,20)/t11-,12+/m1/s1. The number of aliphatic carboxylic acids is 1. The largest absolute Gasteiger partial charge is 0.496 e. The van der Waals surface area contributed by atoms with Gasteiger partial charge in [-0.3, -0.25) is 4.79 Å². The molecule has 0 spiro atoms. The lowest BCUT2D eigenvalue weighted by Crippen LogP contribution is -2.41. The van der Waals surface area contributed by atoms with E-state index in [1.54, 1.807) is 13.2 Å². The molecule has 0 unspecified atom stereocenters. The van der Waals surface area contributed by atoms with E-state index in [1.807, 2.05) is 19.1 Å². The van der Waals surface area contributed by atoms with Crippen LogP contribution in [0.3, 0.4) is 0 Å². The highest BCUT2D eigenvalue weighted by atomic mass is 16.5. The number of hydrogen-bond acceptors (Lipinski definition) is 4. The maximum absolute atomic E-state index is 12.3. The molecule has 1 aliphatic rings. The molecule has 6 heteroatoms. The minimum atomic E-state index is -1.08. The van der Waals surface area contributed by atoms with Gasteiger partial charge in [-0.15, -0.1) is 0 Å². The van der Waals surface area contributed by atoms with Crippen LogP contribution in [0.2, 0.25) is 0 Å². The smallest absolute Gasteiger partial charge is 0.326 e. The van der Waals surface area contributed by atoms with Gasteiger partial charge in [0, 0.05) is 13.0 Å². The molecule has 0 aliphatic carbocycles. The molecule has 2 rings (SSSR count). The van der Waals surface area contributed by atoms with Gasteiger partial charge in [-0.1, -0.05) is 12.1 Å². The predicted octanol–water partition coefficient (Wildman–Crippen LogP) is 0.593. The summed E-state index contributed by atoms with van der Waals surface area (Å²) in [4.78, 5) is 24.6. The summed E-state index contributed by atoms with van der Waals surface area (Å²) in [5, 5.41) is 18.7. The Bertz CT molecular complexity index is 557. The SMILES string of the molecule is COc1cc(CC(=O)N2C[C@H](O)C[C@H]2C(=O)O)ccc1C. The third-order valence-electron chi connectivity index (χ3n) is 3.71. The van der Waals surface area contributed by atoms with Gasteiger partial charge in [0.05, 0.1) is 19.6 Å². The topological polar surface area (TPSA) is 87.1 Å². The number of carboxylic acids is 1. The average molecular weight is 293 g/mol. The Balaban J connectivity index is 2.12. The first-order valence-electron chi connectivity index (χ1n) is 6.76. The fourth-order valence-corrected chi connectivity index (χ4v) is 2.57. The van der Waals surface area contributed by atoms with Crippen LogP contribution in [0.4, 0.5) is 0 Å². The van der Waals surface area contributed by atoms with Crippen molar-refractivity contribution in [1.29, 1.82) is 0 Å². The van der Waals surface area contributed by atoms with E-state index in [4.69, 9.17) is 9.84 Å². The highest BCUT2D eigenvalue weighted by Crippen LogP contribution is 2.22. The maximum atomic E-state index is 12.3. The number of β-amino-alcohol motifs (C(OH)–C–C–N with tert-alkyl or cyclic N) is 1. The zero-order valence-electron chi connectivity index (χ0n) is 12.1. The van der Waals surface area contributed by atoms with Crippen molar-refractivity contribution in [3.63, 3.8) is 0 Å². The van der Waals surface area contributed by atoms with Gasteiger partial charge in [-0.25, -0.2) is 4.79 Å². The van der Waals surface area contributed by atoms with Gasteiger partial charge >= 0.3 is 5.97 Å². The molecule has 1 aromatic rings. The van der Waals surface area contributed by atoms with Crippen molar-refractivity contribution in [3.8, 4) is 5.75 Å². The number of carbonyl (C=O) groups is 2. The summed E-state index contributed by atoms with van der Waals surface area (Å²) in [5.41, 5.74) is 1.72. The average Bonchev–Trinajstić information content (AvgIpc) is 2.83. The van der Waals surface area contributed by atoms with Gasteiger partial charge in [0.2, 0.25) is 5.91 Å². The number of carbonyl (C=O) groups excluding carboxylic acids is 1. The van der Waals surface area contributed by atoms with Crippen molar-refractivity contribution in [3.05, 3.63) is 29.3 Å². The number of rotatable bonds is 4. The molecule has 1 aliphatic heterocycles. The summed E-state index contributed by atoms with van der Waals surface area (Å²) in [6.45, 7) is 1.97. The number of likely N-dealkylation sites (tertiary alicyclic amines) is 1. The monoisotopic (exact) mass is 293 g/mol. The first kappa shape index (κ1) is 15.3. The van der Waals surface area contributed by atoms with Crippen molar-refractivity contribution in [2.45, 2.75) is 31.9 Å². The van der Waals surface area contributed by atoms with Crippen molar-refractivity contribution < 1.29 is 24.5 Å². The Kier molecular flexibility index (Phi) is 4.47. The highest BCUT2D eigenvalue weighted by Gasteiger charge is 2.38. The van der Waals surface area contributed by atoms with Gasteiger partial charge in [0.25, 0.3) is 0 Å². The molecule has 114 valence electrons. The first-order valence-corrected chi connectivity index (χ1v) is 6.76. The van der Waals surface area contributed by atoms with Crippen molar-refractivity contribution in [1.82, 2.24) is 4.90 Å². The number of benzene rings is 1. The van der Waals surface area contributed by atoms with Crippen LogP contribution in [0, 0.1) is 6.92 Å². The summed E-state index contributed by atoms with van der Waals surface area (Å²) in [6.07, 6.45) is -0.603. The summed E-state index contributed by atoms with van der Waals surface area (Å²) in [6, 6.07) is 4.50. The van der Waals surface area contributed by atoms with Crippen LogP contribution in [0.15, 0.2) is 18.2 Å². The molecule has 21 heavy (non-hydrogen) atoms. The number of aryl methyl sites for hydroxylation is 1. The van der Waals surface area contributed by atoms with Crippen LogP contribution < -0.4 is 4.74 Å². The van der Waals surface area contributed by atoms with Gasteiger partial charge < -0.3 is 19.8 Å². The van der Waals surface area contributed by atoms with E-state index >= 15 is 0 Å². The number of nitrogens with zero attached hydrogens (tertiary/aromatic N) is 1. The van der Waals surface area contributed by atoms with Gasteiger partial charge in [0.1, 0.15) is 11.8 Å². The van der Waals surface area contributed by atoms with E-state index in [-0.39, 0.29) is 25.3 Å². The Labute approximate surface area is 122 Å². The van der Waals surface area contributed by atoms with E-state index < -0.39 is 18.1 Å². The molecule has 1 aromatic carbocycles. The molecule has 2 atom stereocenters. The van der Waals surface area contributed by atoms with Crippen molar-refractivity contribution in [2.75, 3.05) is 13.7 Å². The molecule has 1 fully saturated rings. The maximum Gasteiger partial charge on any atom is 0.326 e. The van der Waals surface area contributed by atoms with Crippen LogP contribution in [-0.4, -0.2) is 52.8 Å². The Hall–Kier alpha value is -2.08. The number of methoxy groups -OCH3 is 1. The summed E-state index contributed by atoms with van der Waals surface area (Å²) in [7, 11) is 1.56. The molecular weight excluding hydrogens is 274 g/mol. The minimum absolute atomic E-state index is 0.0683. The van der Waals surface area contributed by atoms with Crippen molar-refractivity contribution >= 4 is 11.9 Å². The molecule has 0 aromatic heterocycles. The van der Waals surface area contributed by atoms with E-state index in [1.165, 1.54) is 4.90 Å². The third-order valence-corrected chi connectivity index (χ3v) is 3.71. The second-order valence-corrected chi connectivity index (χ2v) is 5.27. The van der Waals surface area contributed by atoms with Crippen LogP contribution >= 0.6 is 0 Å². The Morgan fingerprint density at radius 3 is 2.76 bits per heavy atom. The molecule has 1 heterocycles. The molecule has 2 N–H and O–H groups in total. The lowest BCUT2D eigenvalue weighted by atomic mass is 10.1. The van der Waals surface area contributed by atoms with Gasteiger partial charge in [0.15, 0.2) is 0 Å². The second kappa shape index (κ2) is 6.13. The van der Waals surface area contributed by atoms with E-state index in [0.717, 1.165) is 11.1 Å². The normalized spacial score (nSPS) is 21.4. The number of amides is 1. The molecule has 0 saturated carbocycles. The fourth-order valence-electron chi connectivity index (χ4n) is 2.57. The van der Waals surface area contributed by atoms with Crippen LogP contribution in [0.1, 0.15) is 17.5 Å². The number of carboxylic acid groups (broad SMARTS) is 1. The molecule has 1 amide bonds. The van der Waals surface area contributed by atoms with Gasteiger partial charge in [-0.2, -0.15) is 0 Å². The zero-order valence-corrected chi connectivity index (χ0v) is 12.1. The molecule has 1 saturated heterocycles. The minimum Gasteiger partial charge on any atom is -0.496 e. The summed E-state index contributed by atoms with van der Waals surface area (Å²) < 4.78 is 5.21. The zero-order chi connectivity index (χ0) is 15.6.